The first-order valence-electron chi connectivity index (χ1n) is 21.4. The Bertz CT molecular complexity index is 2410. The zero-order chi connectivity index (χ0) is 45.0. The van der Waals surface area contributed by atoms with E-state index in [9.17, 15) is 44.1 Å². The minimum atomic E-state index is -2.15. The van der Waals surface area contributed by atoms with Crippen molar-refractivity contribution < 1.29 is 57.5 Å². The molecule has 1 amide bonds. The van der Waals surface area contributed by atoms with Gasteiger partial charge in [0.25, 0.3) is 0 Å². The van der Waals surface area contributed by atoms with E-state index < -0.39 is 112 Å². The van der Waals surface area contributed by atoms with Gasteiger partial charge in [0.1, 0.15) is 16.9 Å². The molecule has 0 radical (unpaired) electrons. The van der Waals surface area contributed by atoms with E-state index in [1.54, 1.807) is 37.2 Å². The van der Waals surface area contributed by atoms with E-state index in [4.69, 9.17) is 15.2 Å². The van der Waals surface area contributed by atoms with Crippen LogP contribution in [0, 0.1) is 34.4 Å². The highest BCUT2D eigenvalue weighted by Crippen LogP contribution is 2.70. The van der Waals surface area contributed by atoms with E-state index in [1.165, 1.54) is 36.4 Å². The number of esters is 1. The number of amides is 1. The fourth-order valence-electron chi connectivity index (χ4n) is 12.1. The number of allylic oxidation sites excluding steroid dienone is 4. The SMILES string of the molecule is COc1c(N2CCN(C(=O)C(N)CC(=O)OCC(=O)[C@@]3(O)[C@H](C)C[C@H]4C5CCC6=CC(=O)C=C[C@]6(C)[C@@]5(F)[C@@H](O)C[C@@]43C)C(C)C2)c(F)cc2c(=O)c(C(=O)O)cn(C3CC3)c12. The maximum Gasteiger partial charge on any atom is 0.341 e. The van der Waals surface area contributed by atoms with Crippen molar-refractivity contribution in [2.24, 2.45) is 34.3 Å². The summed E-state index contributed by atoms with van der Waals surface area (Å²) in [5.74, 6) is -6.66. The number of aliphatic hydroxyl groups is 2. The van der Waals surface area contributed by atoms with E-state index in [-0.39, 0.29) is 66.6 Å². The molecule has 5 N–H and O–H groups in total. The second-order valence-electron chi connectivity index (χ2n) is 18.8. The maximum absolute atomic E-state index is 17.5. The number of alkyl halides is 1. The largest absolute Gasteiger partial charge is 0.492 e. The van der Waals surface area contributed by atoms with Crippen LogP contribution in [0.25, 0.3) is 10.9 Å². The Kier molecular flexibility index (Phi) is 10.6. The number of hydrogen-bond acceptors (Lipinski definition) is 12. The lowest BCUT2D eigenvalue weighted by Crippen LogP contribution is -2.69. The van der Waals surface area contributed by atoms with Crippen LogP contribution < -0.4 is 20.8 Å². The number of nitrogens with two attached hydrogens (primary N) is 1. The van der Waals surface area contributed by atoms with Gasteiger partial charge in [0.15, 0.2) is 29.6 Å². The third-order valence-electron chi connectivity index (χ3n) is 15.5. The number of carboxylic acid groups (broad SMARTS) is 1. The van der Waals surface area contributed by atoms with Gasteiger partial charge in [-0.05, 0) is 82.4 Å². The first-order chi connectivity index (χ1) is 29.1. The van der Waals surface area contributed by atoms with Gasteiger partial charge in [-0.25, -0.2) is 13.6 Å². The molecule has 5 aliphatic carbocycles. The van der Waals surface area contributed by atoms with Gasteiger partial charge in [-0.15, -0.1) is 0 Å². The number of anilines is 1. The summed E-state index contributed by atoms with van der Waals surface area (Å²) in [7, 11) is 1.34. The summed E-state index contributed by atoms with van der Waals surface area (Å²) >= 11 is 0. The zero-order valence-electron chi connectivity index (χ0n) is 35.5. The topological polar surface area (TPSA) is 219 Å². The lowest BCUT2D eigenvalue weighted by Gasteiger charge is -2.62. The number of aromatic nitrogens is 1. The molecule has 6 aliphatic rings. The van der Waals surface area contributed by atoms with Crippen molar-refractivity contribution in [1.29, 1.82) is 0 Å². The van der Waals surface area contributed by atoms with Crippen LogP contribution in [0.1, 0.15) is 89.0 Å². The van der Waals surface area contributed by atoms with Crippen LogP contribution in [-0.2, 0) is 23.9 Å². The average Bonchev–Trinajstić information content (AvgIpc) is 4.04. The maximum atomic E-state index is 17.5. The molecule has 62 heavy (non-hydrogen) atoms. The van der Waals surface area contributed by atoms with E-state index in [1.807, 2.05) is 0 Å². The molecule has 2 heterocycles. The van der Waals surface area contributed by atoms with Crippen LogP contribution in [-0.4, -0.2) is 117 Å². The highest BCUT2D eigenvalue weighted by Gasteiger charge is 2.75. The van der Waals surface area contributed by atoms with Gasteiger partial charge in [0.2, 0.25) is 17.1 Å². The van der Waals surface area contributed by atoms with Crippen molar-refractivity contribution in [3.63, 3.8) is 0 Å². The molecule has 10 atom stereocenters. The molecule has 5 fully saturated rings. The predicted octanol–water partition coefficient (Wildman–Crippen LogP) is 3.40. The van der Waals surface area contributed by atoms with Gasteiger partial charge in [-0.1, -0.05) is 25.5 Å². The van der Waals surface area contributed by atoms with Crippen molar-refractivity contribution in [2.75, 3.05) is 38.3 Å². The standard InChI is InChI=1S/C45H54F2N4O11/c1-22-14-30-29-9-6-24-15-26(52)10-11-42(24,3)44(29,47)33(53)18-43(30,4)45(22,60)34(54)21-62-35(55)17-32(48)40(57)50-13-12-49(19-23(50)2)37-31(46)16-27-36(39(37)61-5)51(25-7-8-25)20-28(38(27)56)41(58)59/h10-11,15-16,20,22-23,25,29-30,32-33,53,60H,6-9,12-14,17-19,21,48H2,1-5H3,(H,58,59)/t22-,23?,29?,30+,32?,33+,42+,43+,44+,45+/m1/s1. The van der Waals surface area contributed by atoms with Crippen molar-refractivity contribution in [2.45, 2.75) is 108 Å². The quantitative estimate of drug-likeness (QED) is 0.252. The molecule has 3 unspecified atom stereocenters. The minimum absolute atomic E-state index is 0.0527. The molecule has 1 aliphatic heterocycles. The first kappa shape index (κ1) is 43.6. The van der Waals surface area contributed by atoms with Crippen molar-refractivity contribution >= 4 is 46.0 Å². The molecule has 0 bridgehead atoms. The molecule has 2 aromatic rings. The number of ketones is 2. The second kappa shape index (κ2) is 15.1. The summed E-state index contributed by atoms with van der Waals surface area (Å²) in [4.78, 5) is 81.1. The third-order valence-corrected chi connectivity index (χ3v) is 15.5. The van der Waals surface area contributed by atoms with Crippen LogP contribution in [0.4, 0.5) is 14.5 Å². The van der Waals surface area contributed by atoms with Gasteiger partial charge in [0.05, 0.1) is 36.6 Å². The van der Waals surface area contributed by atoms with Crippen LogP contribution in [0.3, 0.4) is 0 Å². The lowest BCUT2D eigenvalue weighted by atomic mass is 9.44. The fraction of sp³-hybridized carbons (Fsp3) is 0.600. The first-order valence-corrected chi connectivity index (χ1v) is 21.4. The molecular formula is C45H54F2N4O11. The van der Waals surface area contributed by atoms with Gasteiger partial charge in [0, 0.05) is 54.7 Å². The highest BCUT2D eigenvalue weighted by molar-refractivity contribution is 6.01. The number of methoxy groups -OCH3 is 1. The summed E-state index contributed by atoms with van der Waals surface area (Å²) in [6.45, 7) is 6.24. The lowest BCUT2D eigenvalue weighted by molar-refractivity contribution is -0.220. The minimum Gasteiger partial charge on any atom is -0.492 e. The fourth-order valence-corrected chi connectivity index (χ4v) is 12.1. The van der Waals surface area contributed by atoms with Gasteiger partial charge in [-0.3, -0.25) is 24.0 Å². The van der Waals surface area contributed by atoms with Crippen LogP contribution >= 0.6 is 0 Å². The normalized spacial score (nSPS) is 34.5. The number of carbonyl (C=O) groups is 5. The Morgan fingerprint density at radius 1 is 1.08 bits per heavy atom. The summed E-state index contributed by atoms with van der Waals surface area (Å²) in [5.41, 5.74) is -0.854. The number of piperazine rings is 1. The monoisotopic (exact) mass is 864 g/mol. The number of halogens is 2. The molecule has 334 valence electrons. The summed E-state index contributed by atoms with van der Waals surface area (Å²) in [6.07, 6.45) is 5.68. The number of carbonyl (C=O) groups excluding carboxylic acids is 4. The van der Waals surface area contributed by atoms with Crippen molar-refractivity contribution in [1.82, 2.24) is 9.47 Å². The Morgan fingerprint density at radius 2 is 1.79 bits per heavy atom. The Morgan fingerprint density at radius 3 is 2.44 bits per heavy atom. The Balaban J connectivity index is 0.918. The van der Waals surface area contributed by atoms with E-state index in [0.717, 1.165) is 18.9 Å². The number of hydrogen-bond donors (Lipinski definition) is 4. The third kappa shape index (κ3) is 6.26. The van der Waals surface area contributed by atoms with Crippen LogP contribution in [0.15, 0.2) is 40.9 Å². The summed E-state index contributed by atoms with van der Waals surface area (Å²) in [5, 5.41) is 33.4. The molecule has 1 aromatic heterocycles. The number of benzene rings is 1. The number of fused-ring (bicyclic) bond motifs is 6. The molecule has 0 spiro atoms. The van der Waals surface area contributed by atoms with E-state index >= 15 is 8.78 Å². The van der Waals surface area contributed by atoms with Crippen molar-refractivity contribution in [3.05, 3.63) is 57.7 Å². The summed E-state index contributed by atoms with van der Waals surface area (Å²) in [6, 6.07) is -0.982. The predicted molar refractivity (Wildman–Crippen MR) is 220 cm³/mol. The molecule has 4 saturated carbocycles. The Hall–Kier alpha value is -5.00. The van der Waals surface area contributed by atoms with Crippen LogP contribution in [0.2, 0.25) is 0 Å². The smallest absolute Gasteiger partial charge is 0.341 e. The summed E-state index contributed by atoms with van der Waals surface area (Å²) < 4.78 is 46.2. The van der Waals surface area contributed by atoms with E-state index in [2.05, 4.69) is 0 Å². The number of ether oxygens (including phenoxy) is 2. The number of aliphatic hydroxyl groups excluding tert-OH is 1. The molecule has 15 nitrogen and oxygen atoms in total. The number of aromatic carboxylic acids is 1. The molecule has 1 saturated heterocycles. The van der Waals surface area contributed by atoms with E-state index in [0.29, 0.717) is 18.4 Å². The number of nitrogens with zero attached hydrogens (tertiary/aromatic N) is 3. The molecule has 1 aromatic carbocycles. The second-order valence-corrected chi connectivity index (χ2v) is 18.8. The van der Waals surface area contributed by atoms with Gasteiger partial charge in [-0.2, -0.15) is 0 Å². The average molecular weight is 865 g/mol. The highest BCUT2D eigenvalue weighted by atomic mass is 19.1. The number of pyridine rings is 1. The number of carboxylic acids is 1. The molecular weight excluding hydrogens is 811 g/mol. The molecule has 8 rings (SSSR count). The molecule has 17 heteroatoms. The number of rotatable bonds is 10. The van der Waals surface area contributed by atoms with Gasteiger partial charge >= 0.3 is 11.9 Å². The Labute approximate surface area is 356 Å². The zero-order valence-corrected chi connectivity index (χ0v) is 35.5. The number of Topliss-reactive ketones (excluding diaryl/α,β-unsaturated/α-hetero) is 1. The van der Waals surface area contributed by atoms with Crippen molar-refractivity contribution in [3.8, 4) is 5.75 Å². The van der Waals surface area contributed by atoms with Crippen LogP contribution in [0.5, 0.6) is 5.75 Å². The van der Waals surface area contributed by atoms with Gasteiger partial charge < -0.3 is 44.9 Å².